The van der Waals surface area contributed by atoms with Gasteiger partial charge in [0.15, 0.2) is 0 Å². The third-order valence-corrected chi connectivity index (χ3v) is 13.9. The minimum atomic E-state index is -2.50. The minimum absolute atomic E-state index is 0.0287. The number of hydrogen-bond acceptors (Lipinski definition) is 13. The van der Waals surface area contributed by atoms with Crippen molar-refractivity contribution < 1.29 is 57.8 Å². The van der Waals surface area contributed by atoms with Crippen molar-refractivity contribution in [2.75, 3.05) is 27.9 Å². The molecular formula is C47H73N3O12. The number of aromatic nitrogens is 2. The third kappa shape index (κ3) is 11.9. The molecule has 1 saturated carbocycles. The number of cyclic esters (lactones) is 1. The monoisotopic (exact) mass is 872 g/mol. The summed E-state index contributed by atoms with van der Waals surface area (Å²) in [4.78, 5) is 65.5. The highest BCUT2D eigenvalue weighted by Crippen LogP contribution is 2.39. The van der Waals surface area contributed by atoms with E-state index in [0.29, 0.717) is 50.7 Å². The Morgan fingerprint density at radius 3 is 2.34 bits per heavy atom. The first-order chi connectivity index (χ1) is 29.5. The number of Topliss-reactive ketones (excluding diaryl/α,β-unsaturated/α-hetero) is 2. The SMILES string of the molecule is CC[C@@H]1/C=C(\C)C[C@H](C)C[C@H](OC)[C@H]2O[C@@](O)(C(=O)C(=O)N3CCCC[C@H]3C(=O)O[C@H](/C(C)=C/[C@@H]3CC[C@@H](OCc4ncc[nH]4)[C@H](OC)C3)[C@H](C)[C@@H](O)CC1=O)[C@H](C)C[C@@H]2OC. The first kappa shape index (κ1) is 49.7. The number of H-pyrrole nitrogens is 1. The molecular weight excluding hydrogens is 799 g/mol. The predicted molar refractivity (Wildman–Crippen MR) is 229 cm³/mol. The maximum Gasteiger partial charge on any atom is 0.329 e. The van der Waals surface area contributed by atoms with Gasteiger partial charge in [-0.2, -0.15) is 0 Å². The van der Waals surface area contributed by atoms with Crippen LogP contribution < -0.4 is 0 Å². The van der Waals surface area contributed by atoms with Gasteiger partial charge in [-0.25, -0.2) is 9.78 Å². The molecule has 348 valence electrons. The summed E-state index contributed by atoms with van der Waals surface area (Å²) < 4.78 is 36.5. The Labute approximate surface area is 367 Å². The highest BCUT2D eigenvalue weighted by Gasteiger charge is 2.56. The Morgan fingerprint density at radius 2 is 1.68 bits per heavy atom. The van der Waals surface area contributed by atoms with Crippen molar-refractivity contribution in [1.82, 2.24) is 14.9 Å². The second-order valence-corrected chi connectivity index (χ2v) is 18.5. The van der Waals surface area contributed by atoms with Crippen LogP contribution in [0.3, 0.4) is 0 Å². The largest absolute Gasteiger partial charge is 0.456 e. The molecule has 2 saturated heterocycles. The number of methoxy groups -OCH3 is 3. The van der Waals surface area contributed by atoms with Gasteiger partial charge in [-0.3, -0.25) is 14.4 Å². The number of piperidine rings is 1. The van der Waals surface area contributed by atoms with E-state index < -0.39 is 77.8 Å². The normalized spacial score (nSPS) is 38.7. The number of rotatable bonds is 9. The van der Waals surface area contributed by atoms with E-state index in [0.717, 1.165) is 24.2 Å². The average molecular weight is 872 g/mol. The van der Waals surface area contributed by atoms with Gasteiger partial charge in [-0.1, -0.05) is 45.4 Å². The maximum atomic E-state index is 14.5. The number of aromatic amines is 1. The number of nitrogens with one attached hydrogen (secondary N) is 1. The topological polar surface area (TPSA) is 196 Å². The number of ether oxygens (including phenoxy) is 6. The number of esters is 1. The Bertz CT molecular complexity index is 1720. The fraction of sp³-hybridized carbons (Fsp3) is 0.766. The molecule has 0 aromatic carbocycles. The van der Waals surface area contributed by atoms with E-state index in [-0.39, 0.29) is 55.6 Å². The Kier molecular flexibility index (Phi) is 18.1. The van der Waals surface area contributed by atoms with Crippen molar-refractivity contribution in [3.05, 3.63) is 41.5 Å². The van der Waals surface area contributed by atoms with Crippen LogP contribution in [0.5, 0.6) is 0 Å². The molecule has 0 radical (unpaired) electrons. The zero-order chi connectivity index (χ0) is 45.3. The predicted octanol–water partition coefficient (Wildman–Crippen LogP) is 5.42. The van der Waals surface area contributed by atoms with E-state index in [1.54, 1.807) is 33.4 Å². The van der Waals surface area contributed by atoms with E-state index in [4.69, 9.17) is 28.4 Å². The molecule has 4 heterocycles. The lowest BCUT2D eigenvalue weighted by atomic mass is 9.81. The molecule has 15 heteroatoms. The third-order valence-electron chi connectivity index (χ3n) is 13.9. The molecule has 0 unspecified atom stereocenters. The summed E-state index contributed by atoms with van der Waals surface area (Å²) in [5.74, 6) is -6.73. The number of imidazole rings is 1. The van der Waals surface area contributed by atoms with Crippen LogP contribution in [-0.4, -0.2) is 131 Å². The Morgan fingerprint density at radius 1 is 0.968 bits per heavy atom. The lowest BCUT2D eigenvalue weighted by Gasteiger charge is -2.47. The summed E-state index contributed by atoms with van der Waals surface area (Å²) in [6.07, 6.45) is 8.16. The molecule has 1 aliphatic carbocycles. The number of ketones is 2. The number of nitrogens with zero attached hydrogens (tertiary/aromatic N) is 2. The molecule has 15 nitrogen and oxygen atoms in total. The van der Waals surface area contributed by atoms with Crippen molar-refractivity contribution in [2.45, 2.75) is 173 Å². The van der Waals surface area contributed by atoms with Gasteiger partial charge in [0.05, 0.1) is 30.5 Å². The fourth-order valence-electron chi connectivity index (χ4n) is 10.1. The molecule has 14 atom stereocenters. The fourth-order valence-corrected chi connectivity index (χ4v) is 10.1. The Hall–Kier alpha value is -3.31. The van der Waals surface area contributed by atoms with E-state index in [9.17, 15) is 29.4 Å². The van der Waals surface area contributed by atoms with Crippen molar-refractivity contribution >= 4 is 23.4 Å². The molecule has 5 rings (SSSR count). The molecule has 2 bridgehead atoms. The molecule has 4 aliphatic rings. The van der Waals surface area contributed by atoms with Gasteiger partial charge in [0.1, 0.15) is 36.5 Å². The van der Waals surface area contributed by atoms with Crippen LogP contribution in [0.15, 0.2) is 35.7 Å². The van der Waals surface area contributed by atoms with Crippen LogP contribution in [0.2, 0.25) is 0 Å². The number of allylic oxidation sites excluding steroid dienone is 3. The van der Waals surface area contributed by atoms with Crippen molar-refractivity contribution in [3.8, 4) is 0 Å². The van der Waals surface area contributed by atoms with Crippen LogP contribution in [0.4, 0.5) is 0 Å². The number of aliphatic hydroxyl groups excluding tert-OH is 1. The molecule has 0 spiro atoms. The standard InChI is InChI=1S/C47H73N3O12/c1-10-33-20-27(2)19-28(3)21-39(58-8)43-40(59-9)23-30(5)47(56,62-43)44(53)45(54)50-18-12-11-13-34(50)46(55)61-42(31(6)35(51)25-36(33)52)29(4)22-32-14-15-37(38(24-32)57-7)60-26-41-48-16-17-49-41/h16-17,20,22,28,30-35,37-40,42-43,51,56H,10-15,18-19,21,23-26H2,1-9H3,(H,48,49)/b27-20+,29-22+/t28-,30+,31+,32-,33+,34-,35-,37+,38+,39-,40-,42+,43+,47+/m0/s1. The number of aliphatic hydroxyl groups is 2. The summed E-state index contributed by atoms with van der Waals surface area (Å²) in [5.41, 5.74) is 1.69. The van der Waals surface area contributed by atoms with Crippen LogP contribution in [0.25, 0.3) is 0 Å². The number of amides is 1. The van der Waals surface area contributed by atoms with Crippen LogP contribution >= 0.6 is 0 Å². The lowest BCUT2D eigenvalue weighted by molar-refractivity contribution is -0.302. The van der Waals surface area contributed by atoms with E-state index in [1.807, 2.05) is 26.8 Å². The zero-order valence-electron chi connectivity index (χ0n) is 38.4. The zero-order valence-corrected chi connectivity index (χ0v) is 38.4. The molecule has 1 aromatic heterocycles. The second-order valence-electron chi connectivity index (χ2n) is 18.5. The van der Waals surface area contributed by atoms with Gasteiger partial charge in [0.25, 0.3) is 11.7 Å². The summed E-state index contributed by atoms with van der Waals surface area (Å²) in [6, 6.07) is -1.13. The van der Waals surface area contributed by atoms with Gasteiger partial charge in [0.2, 0.25) is 5.79 Å². The smallest absolute Gasteiger partial charge is 0.329 e. The quantitative estimate of drug-likeness (QED) is 0.162. The molecule has 3 N–H and O–H groups in total. The average Bonchev–Trinajstić information content (AvgIpc) is 3.79. The van der Waals surface area contributed by atoms with Gasteiger partial charge in [0, 0.05) is 64.4 Å². The molecule has 1 amide bonds. The van der Waals surface area contributed by atoms with Crippen LogP contribution in [0.1, 0.15) is 118 Å². The van der Waals surface area contributed by atoms with E-state index in [1.165, 1.54) is 19.1 Å². The summed E-state index contributed by atoms with van der Waals surface area (Å²) in [7, 11) is 4.73. The van der Waals surface area contributed by atoms with Crippen molar-refractivity contribution in [2.24, 2.45) is 29.6 Å². The maximum absolute atomic E-state index is 14.5. The van der Waals surface area contributed by atoms with Crippen LogP contribution in [-0.2, 0) is 54.2 Å². The highest BCUT2D eigenvalue weighted by atomic mass is 16.7. The number of hydrogen-bond donors (Lipinski definition) is 3. The molecule has 1 aromatic rings. The number of fused-ring (bicyclic) bond motifs is 3. The van der Waals surface area contributed by atoms with E-state index in [2.05, 4.69) is 23.0 Å². The molecule has 3 fully saturated rings. The van der Waals surface area contributed by atoms with Crippen molar-refractivity contribution in [3.63, 3.8) is 0 Å². The summed E-state index contributed by atoms with van der Waals surface area (Å²) >= 11 is 0. The van der Waals surface area contributed by atoms with Gasteiger partial charge in [-0.15, -0.1) is 0 Å². The first-order valence-corrected chi connectivity index (χ1v) is 22.8. The van der Waals surface area contributed by atoms with Gasteiger partial charge < -0.3 is 48.5 Å². The van der Waals surface area contributed by atoms with Crippen LogP contribution in [0, 0.1) is 29.6 Å². The summed E-state index contributed by atoms with van der Waals surface area (Å²) in [6.45, 7) is 11.7. The van der Waals surface area contributed by atoms with E-state index >= 15 is 0 Å². The van der Waals surface area contributed by atoms with Gasteiger partial charge >= 0.3 is 5.97 Å². The first-order valence-electron chi connectivity index (χ1n) is 22.8. The highest BCUT2D eigenvalue weighted by molar-refractivity contribution is 6.39. The number of carbonyl (C=O) groups is 4. The van der Waals surface area contributed by atoms with Crippen molar-refractivity contribution in [1.29, 1.82) is 0 Å². The number of carbonyl (C=O) groups excluding carboxylic acids is 4. The molecule has 3 aliphatic heterocycles. The summed E-state index contributed by atoms with van der Waals surface area (Å²) in [5, 5.41) is 23.9. The lowest BCUT2D eigenvalue weighted by Crippen LogP contribution is -2.64. The molecule has 62 heavy (non-hydrogen) atoms. The Balaban J connectivity index is 1.48. The second kappa shape index (κ2) is 22.5. The minimum Gasteiger partial charge on any atom is -0.456 e. The van der Waals surface area contributed by atoms with Gasteiger partial charge in [-0.05, 0) is 95.5 Å².